The summed E-state index contributed by atoms with van der Waals surface area (Å²) >= 11 is 0. The van der Waals surface area contributed by atoms with Crippen molar-refractivity contribution in [1.82, 2.24) is 24.4 Å². The summed E-state index contributed by atoms with van der Waals surface area (Å²) in [7, 11) is 5.82. The monoisotopic (exact) mass is 447 g/mol. The van der Waals surface area contributed by atoms with Crippen LogP contribution in [0.3, 0.4) is 0 Å². The van der Waals surface area contributed by atoms with Gasteiger partial charge in [-0.15, -0.1) is 0 Å². The first-order valence-corrected chi connectivity index (χ1v) is 11.3. The van der Waals surface area contributed by atoms with Gasteiger partial charge in [0.1, 0.15) is 0 Å². The molecule has 172 valence electrons. The number of rotatable bonds is 8. The molecule has 3 aromatic heterocycles. The number of benzene rings is 1. The van der Waals surface area contributed by atoms with Crippen molar-refractivity contribution in [3.05, 3.63) is 53.2 Å². The number of nitrogens with zero attached hydrogens (tertiary/aromatic N) is 4. The molecule has 0 radical (unpaired) electrons. The Kier molecular flexibility index (Phi) is 5.86. The molecule has 1 fully saturated rings. The first kappa shape index (κ1) is 21.6. The van der Waals surface area contributed by atoms with Crippen LogP contribution in [0.5, 0.6) is 5.88 Å². The fourth-order valence-corrected chi connectivity index (χ4v) is 4.47. The lowest BCUT2D eigenvalue weighted by Crippen LogP contribution is -2.36. The van der Waals surface area contributed by atoms with Crippen LogP contribution in [0.1, 0.15) is 25.3 Å². The van der Waals surface area contributed by atoms with E-state index in [1.54, 1.807) is 13.3 Å². The van der Waals surface area contributed by atoms with Gasteiger partial charge in [-0.25, -0.2) is 9.78 Å². The zero-order valence-electron chi connectivity index (χ0n) is 19.2. The van der Waals surface area contributed by atoms with Gasteiger partial charge in [0.15, 0.2) is 0 Å². The zero-order chi connectivity index (χ0) is 22.9. The van der Waals surface area contributed by atoms with Crippen molar-refractivity contribution in [3.63, 3.8) is 0 Å². The number of ether oxygens (including phenoxy) is 2. The number of aromatic nitrogens is 4. The largest absolute Gasteiger partial charge is 0.478 e. The van der Waals surface area contributed by atoms with Gasteiger partial charge in [0.05, 0.1) is 35.5 Å². The first-order valence-electron chi connectivity index (χ1n) is 11.3. The third-order valence-electron chi connectivity index (χ3n) is 6.38. The standard InChI is InChI=1S/C25H29N5O3/c1-29(2)9-4-10-33-23-8-6-17(14-27-23)16-5-7-21-20(11-16)24-22(15-26-21)28-25(31)30(24)18-12-19(13-18)32-3/h5-8,11,14-15,18-19H,4,9-10,12-13H2,1-3H3,(H,28,31)/t18-,19+. The van der Waals surface area contributed by atoms with E-state index in [4.69, 9.17) is 9.47 Å². The molecular weight excluding hydrogens is 418 g/mol. The Morgan fingerprint density at radius 1 is 1.12 bits per heavy atom. The number of fused-ring (bicyclic) bond motifs is 3. The van der Waals surface area contributed by atoms with E-state index in [2.05, 4.69) is 40.0 Å². The molecular formula is C25H29N5O3. The summed E-state index contributed by atoms with van der Waals surface area (Å²) in [5.74, 6) is 0.625. The predicted molar refractivity (Wildman–Crippen MR) is 129 cm³/mol. The zero-order valence-corrected chi connectivity index (χ0v) is 19.2. The van der Waals surface area contributed by atoms with Crippen molar-refractivity contribution in [1.29, 1.82) is 0 Å². The SMILES string of the molecule is CO[C@H]1C[C@@H](n2c(=O)[nH]c3cnc4ccc(-c5ccc(OCCCN(C)C)nc5)cc4c32)C1. The average molecular weight is 448 g/mol. The first-order chi connectivity index (χ1) is 16.0. The van der Waals surface area contributed by atoms with Crippen LogP contribution in [0.2, 0.25) is 0 Å². The van der Waals surface area contributed by atoms with E-state index in [1.807, 2.05) is 35.0 Å². The minimum atomic E-state index is -0.0957. The molecule has 3 heterocycles. The Labute approximate surface area is 192 Å². The summed E-state index contributed by atoms with van der Waals surface area (Å²) in [6, 6.07) is 10.2. The number of hydrogen-bond donors (Lipinski definition) is 1. The Bertz CT molecular complexity index is 1320. The van der Waals surface area contributed by atoms with Crippen molar-refractivity contribution >= 4 is 21.9 Å². The lowest BCUT2D eigenvalue weighted by molar-refractivity contribution is 0.00653. The maximum absolute atomic E-state index is 12.8. The molecule has 1 aliphatic rings. The molecule has 0 saturated heterocycles. The van der Waals surface area contributed by atoms with Crippen LogP contribution in [-0.2, 0) is 4.74 Å². The maximum atomic E-state index is 12.8. The molecule has 8 heteroatoms. The molecule has 0 spiro atoms. The second-order valence-electron chi connectivity index (χ2n) is 8.93. The van der Waals surface area contributed by atoms with Gasteiger partial charge in [-0.1, -0.05) is 6.07 Å². The summed E-state index contributed by atoms with van der Waals surface area (Å²) in [5.41, 5.74) is 4.43. The Morgan fingerprint density at radius 2 is 1.94 bits per heavy atom. The smallest absolute Gasteiger partial charge is 0.326 e. The summed E-state index contributed by atoms with van der Waals surface area (Å²) in [6.45, 7) is 1.62. The third kappa shape index (κ3) is 4.24. The molecule has 1 saturated carbocycles. The van der Waals surface area contributed by atoms with E-state index in [0.29, 0.717) is 12.5 Å². The number of imidazole rings is 1. The molecule has 33 heavy (non-hydrogen) atoms. The molecule has 1 N–H and O–H groups in total. The van der Waals surface area contributed by atoms with Crippen molar-refractivity contribution in [2.24, 2.45) is 0 Å². The van der Waals surface area contributed by atoms with Gasteiger partial charge in [0, 0.05) is 42.9 Å². The van der Waals surface area contributed by atoms with Crippen LogP contribution in [0, 0.1) is 0 Å². The Hall–Kier alpha value is -3.23. The maximum Gasteiger partial charge on any atom is 0.326 e. The minimum absolute atomic E-state index is 0.0957. The van der Waals surface area contributed by atoms with Crippen LogP contribution in [0.4, 0.5) is 0 Å². The van der Waals surface area contributed by atoms with Crippen LogP contribution < -0.4 is 10.4 Å². The Morgan fingerprint density at radius 3 is 2.67 bits per heavy atom. The highest BCUT2D eigenvalue weighted by molar-refractivity contribution is 6.03. The van der Waals surface area contributed by atoms with E-state index >= 15 is 0 Å². The highest BCUT2D eigenvalue weighted by Gasteiger charge is 2.33. The van der Waals surface area contributed by atoms with E-state index < -0.39 is 0 Å². The van der Waals surface area contributed by atoms with Gasteiger partial charge in [0.25, 0.3) is 0 Å². The fraction of sp³-hybridized carbons (Fsp3) is 0.400. The topological polar surface area (TPSA) is 85.3 Å². The number of nitrogens with one attached hydrogen (secondary N) is 1. The second-order valence-corrected chi connectivity index (χ2v) is 8.93. The predicted octanol–water partition coefficient (Wildman–Crippen LogP) is 3.62. The third-order valence-corrected chi connectivity index (χ3v) is 6.38. The highest BCUT2D eigenvalue weighted by Crippen LogP contribution is 2.37. The fourth-order valence-electron chi connectivity index (χ4n) is 4.47. The lowest BCUT2D eigenvalue weighted by Gasteiger charge is -2.34. The number of methoxy groups -OCH3 is 1. The summed E-state index contributed by atoms with van der Waals surface area (Å²) in [5, 5.41) is 0.952. The van der Waals surface area contributed by atoms with Crippen molar-refractivity contribution in [2.75, 3.05) is 34.4 Å². The van der Waals surface area contributed by atoms with E-state index in [1.165, 1.54) is 0 Å². The van der Waals surface area contributed by atoms with Crippen molar-refractivity contribution < 1.29 is 9.47 Å². The molecule has 0 bridgehead atoms. The molecule has 0 unspecified atom stereocenters. The van der Waals surface area contributed by atoms with Crippen LogP contribution >= 0.6 is 0 Å². The summed E-state index contributed by atoms with van der Waals surface area (Å²) in [6.07, 6.45) is 6.42. The van der Waals surface area contributed by atoms with Crippen LogP contribution in [0.15, 0.2) is 47.5 Å². The van der Waals surface area contributed by atoms with E-state index in [9.17, 15) is 4.79 Å². The molecule has 4 aromatic rings. The summed E-state index contributed by atoms with van der Waals surface area (Å²) < 4.78 is 13.1. The van der Waals surface area contributed by atoms with Gasteiger partial charge in [-0.3, -0.25) is 9.55 Å². The van der Waals surface area contributed by atoms with Gasteiger partial charge in [0.2, 0.25) is 5.88 Å². The summed E-state index contributed by atoms with van der Waals surface area (Å²) in [4.78, 5) is 26.9. The van der Waals surface area contributed by atoms with Crippen molar-refractivity contribution in [3.8, 4) is 17.0 Å². The number of hydrogen-bond acceptors (Lipinski definition) is 6. The normalized spacial score (nSPS) is 18.2. The van der Waals surface area contributed by atoms with Gasteiger partial charge < -0.3 is 19.4 Å². The number of aromatic amines is 1. The molecule has 5 rings (SSSR count). The Balaban J connectivity index is 1.45. The molecule has 0 aliphatic heterocycles. The van der Waals surface area contributed by atoms with Crippen LogP contribution in [-0.4, -0.2) is 64.9 Å². The molecule has 0 atom stereocenters. The van der Waals surface area contributed by atoms with Crippen molar-refractivity contribution in [2.45, 2.75) is 31.4 Å². The molecule has 1 aromatic carbocycles. The number of H-pyrrole nitrogens is 1. The molecule has 8 nitrogen and oxygen atoms in total. The molecule has 0 amide bonds. The minimum Gasteiger partial charge on any atom is -0.478 e. The lowest BCUT2D eigenvalue weighted by atomic mass is 9.89. The van der Waals surface area contributed by atoms with E-state index in [-0.39, 0.29) is 17.8 Å². The quantitative estimate of drug-likeness (QED) is 0.415. The highest BCUT2D eigenvalue weighted by atomic mass is 16.5. The van der Waals surface area contributed by atoms with E-state index in [0.717, 1.165) is 58.9 Å². The van der Waals surface area contributed by atoms with Gasteiger partial charge in [-0.05, 0) is 57.1 Å². The second kappa shape index (κ2) is 8.96. The number of pyridine rings is 2. The average Bonchev–Trinajstić information content (AvgIpc) is 3.12. The molecule has 1 aliphatic carbocycles. The van der Waals surface area contributed by atoms with Gasteiger partial charge >= 0.3 is 5.69 Å². The van der Waals surface area contributed by atoms with Crippen LogP contribution in [0.25, 0.3) is 33.1 Å². The van der Waals surface area contributed by atoms with Gasteiger partial charge in [-0.2, -0.15) is 0 Å².